The van der Waals surface area contributed by atoms with E-state index in [0.717, 1.165) is 26.2 Å². The van der Waals surface area contributed by atoms with Gasteiger partial charge in [-0.2, -0.15) is 0 Å². The molecule has 6 heteroatoms. The summed E-state index contributed by atoms with van der Waals surface area (Å²) in [7, 11) is 0. The smallest absolute Gasteiger partial charge is 0.234 e. The van der Waals surface area contributed by atoms with Crippen LogP contribution in [0.5, 0.6) is 0 Å². The summed E-state index contributed by atoms with van der Waals surface area (Å²) in [6.45, 7) is 14.0. The highest BCUT2D eigenvalue weighted by atomic mass is 32.1. The molecule has 3 N–H and O–H groups in total. The summed E-state index contributed by atoms with van der Waals surface area (Å²) in [5, 5.41) is 2.99. The number of carbonyl (C=O) groups excluding carboxylic acids is 1. The van der Waals surface area contributed by atoms with Crippen molar-refractivity contribution in [2.24, 2.45) is 5.73 Å². The van der Waals surface area contributed by atoms with E-state index in [4.69, 9.17) is 18.0 Å². The Morgan fingerprint density at radius 3 is 2.05 bits per heavy atom. The topological polar surface area (TPSA) is 61.6 Å². The van der Waals surface area contributed by atoms with Crippen molar-refractivity contribution in [2.75, 3.05) is 32.7 Å². The van der Waals surface area contributed by atoms with Gasteiger partial charge in [-0.05, 0) is 34.6 Å². The number of nitrogens with two attached hydrogens (primary N) is 1. The fourth-order valence-corrected chi connectivity index (χ4v) is 2.41. The van der Waals surface area contributed by atoms with Gasteiger partial charge in [0.15, 0.2) is 0 Å². The van der Waals surface area contributed by atoms with Crippen LogP contribution >= 0.6 is 12.2 Å². The van der Waals surface area contributed by atoms with Crippen molar-refractivity contribution >= 4 is 23.1 Å². The number of hydrogen-bond acceptors (Lipinski definition) is 4. The van der Waals surface area contributed by atoms with Gasteiger partial charge in [0.25, 0.3) is 0 Å². The molecular weight excluding hydrogens is 272 g/mol. The Kier molecular flexibility index (Phi) is 5.52. The monoisotopic (exact) mass is 300 g/mol. The lowest BCUT2D eigenvalue weighted by molar-refractivity contribution is -0.124. The maximum absolute atomic E-state index is 11.9. The molecule has 0 aromatic heterocycles. The SMILES string of the molecule is CC(C)(C)NC(=O)CN1CCN(C(C)(C)C(N)=S)CC1. The van der Waals surface area contributed by atoms with Crippen molar-refractivity contribution in [2.45, 2.75) is 45.7 Å². The first-order chi connectivity index (χ1) is 9.02. The van der Waals surface area contributed by atoms with Crippen LogP contribution in [-0.2, 0) is 4.79 Å². The van der Waals surface area contributed by atoms with Crippen LogP contribution in [-0.4, -0.2) is 64.5 Å². The van der Waals surface area contributed by atoms with E-state index in [2.05, 4.69) is 29.0 Å². The van der Waals surface area contributed by atoms with Crippen molar-refractivity contribution in [1.29, 1.82) is 0 Å². The van der Waals surface area contributed by atoms with Gasteiger partial charge in [0.2, 0.25) is 5.91 Å². The van der Waals surface area contributed by atoms with Crippen LogP contribution in [0.3, 0.4) is 0 Å². The second-order valence-electron chi connectivity index (χ2n) is 6.98. The molecule has 0 aliphatic carbocycles. The Hall–Kier alpha value is -0.720. The largest absolute Gasteiger partial charge is 0.392 e. The summed E-state index contributed by atoms with van der Waals surface area (Å²) in [5.74, 6) is 0.0829. The van der Waals surface area contributed by atoms with E-state index in [-0.39, 0.29) is 17.0 Å². The van der Waals surface area contributed by atoms with Crippen molar-refractivity contribution in [1.82, 2.24) is 15.1 Å². The molecule has 1 heterocycles. The number of amides is 1. The molecule has 0 unspecified atom stereocenters. The molecule has 1 saturated heterocycles. The van der Waals surface area contributed by atoms with Crippen LogP contribution in [0.2, 0.25) is 0 Å². The molecule has 116 valence electrons. The average Bonchev–Trinajstić information content (AvgIpc) is 2.26. The fourth-order valence-electron chi connectivity index (χ4n) is 2.28. The predicted molar refractivity (Wildman–Crippen MR) is 86.8 cm³/mol. The zero-order chi connectivity index (χ0) is 15.6. The number of nitrogens with one attached hydrogen (secondary N) is 1. The highest BCUT2D eigenvalue weighted by molar-refractivity contribution is 7.80. The third-order valence-corrected chi connectivity index (χ3v) is 4.15. The van der Waals surface area contributed by atoms with Crippen molar-refractivity contribution < 1.29 is 4.79 Å². The Labute approximate surface area is 127 Å². The highest BCUT2D eigenvalue weighted by Crippen LogP contribution is 2.17. The first-order valence-corrected chi connectivity index (χ1v) is 7.51. The normalized spacial score (nSPS) is 18.9. The molecule has 0 radical (unpaired) electrons. The van der Waals surface area contributed by atoms with E-state index < -0.39 is 0 Å². The van der Waals surface area contributed by atoms with Crippen LogP contribution < -0.4 is 11.1 Å². The molecular formula is C14H28N4OS. The summed E-state index contributed by atoms with van der Waals surface area (Å²) in [4.78, 5) is 16.9. The third-order valence-electron chi connectivity index (χ3n) is 3.65. The summed E-state index contributed by atoms with van der Waals surface area (Å²) < 4.78 is 0. The van der Waals surface area contributed by atoms with E-state index in [9.17, 15) is 4.79 Å². The Morgan fingerprint density at radius 2 is 1.65 bits per heavy atom. The average molecular weight is 300 g/mol. The molecule has 0 bridgehead atoms. The number of hydrogen-bond donors (Lipinski definition) is 2. The van der Waals surface area contributed by atoms with Gasteiger partial charge in [-0.15, -0.1) is 0 Å². The van der Waals surface area contributed by atoms with Gasteiger partial charge in [0.1, 0.15) is 0 Å². The van der Waals surface area contributed by atoms with Gasteiger partial charge < -0.3 is 11.1 Å². The Morgan fingerprint density at radius 1 is 1.15 bits per heavy atom. The molecule has 0 atom stereocenters. The van der Waals surface area contributed by atoms with Crippen LogP contribution in [0.25, 0.3) is 0 Å². The maximum atomic E-state index is 11.9. The molecule has 1 rings (SSSR count). The first-order valence-electron chi connectivity index (χ1n) is 7.11. The van der Waals surface area contributed by atoms with E-state index >= 15 is 0 Å². The predicted octanol–water partition coefficient (Wildman–Crippen LogP) is 0.583. The number of nitrogens with zero attached hydrogens (tertiary/aromatic N) is 2. The minimum atomic E-state index is -0.255. The van der Waals surface area contributed by atoms with Gasteiger partial charge in [-0.25, -0.2) is 0 Å². The summed E-state index contributed by atoms with van der Waals surface area (Å²) in [6, 6.07) is 0. The van der Waals surface area contributed by atoms with E-state index in [1.54, 1.807) is 0 Å². The second kappa shape index (κ2) is 6.37. The van der Waals surface area contributed by atoms with Gasteiger partial charge in [0.05, 0.1) is 17.1 Å². The Bertz CT molecular complexity index is 368. The zero-order valence-corrected chi connectivity index (χ0v) is 14.1. The lowest BCUT2D eigenvalue weighted by Crippen LogP contribution is -2.60. The van der Waals surface area contributed by atoms with Crippen LogP contribution in [0, 0.1) is 0 Å². The lowest BCUT2D eigenvalue weighted by Gasteiger charge is -2.43. The zero-order valence-electron chi connectivity index (χ0n) is 13.3. The van der Waals surface area contributed by atoms with Crippen LogP contribution in [0.4, 0.5) is 0 Å². The molecule has 0 spiro atoms. The number of carbonyl (C=O) groups is 1. The quantitative estimate of drug-likeness (QED) is 0.744. The fraction of sp³-hybridized carbons (Fsp3) is 0.857. The molecule has 0 aromatic carbocycles. The highest BCUT2D eigenvalue weighted by Gasteiger charge is 2.32. The minimum absolute atomic E-state index is 0.0829. The third kappa shape index (κ3) is 5.00. The van der Waals surface area contributed by atoms with Crippen molar-refractivity contribution in [3.63, 3.8) is 0 Å². The minimum Gasteiger partial charge on any atom is -0.392 e. The van der Waals surface area contributed by atoms with Gasteiger partial charge in [-0.1, -0.05) is 12.2 Å². The molecule has 1 amide bonds. The molecule has 0 aromatic rings. The second-order valence-corrected chi connectivity index (χ2v) is 7.42. The van der Waals surface area contributed by atoms with E-state index in [0.29, 0.717) is 11.5 Å². The number of thiocarbonyl (C=S) groups is 1. The standard InChI is InChI=1S/C14H28N4OS/c1-13(2,3)16-11(19)10-17-6-8-18(9-7-17)14(4,5)12(15)20/h6-10H2,1-5H3,(H2,15,20)(H,16,19). The van der Waals surface area contributed by atoms with E-state index in [1.165, 1.54) is 0 Å². The van der Waals surface area contributed by atoms with Crippen LogP contribution in [0.1, 0.15) is 34.6 Å². The van der Waals surface area contributed by atoms with Gasteiger partial charge >= 0.3 is 0 Å². The van der Waals surface area contributed by atoms with E-state index in [1.807, 2.05) is 20.8 Å². The van der Waals surface area contributed by atoms with Gasteiger partial charge in [-0.3, -0.25) is 14.6 Å². The summed E-state index contributed by atoms with van der Waals surface area (Å²) in [6.07, 6.45) is 0. The molecule has 0 saturated carbocycles. The van der Waals surface area contributed by atoms with Crippen molar-refractivity contribution in [3.05, 3.63) is 0 Å². The molecule has 1 fully saturated rings. The maximum Gasteiger partial charge on any atom is 0.234 e. The number of rotatable bonds is 4. The van der Waals surface area contributed by atoms with Crippen molar-refractivity contribution in [3.8, 4) is 0 Å². The number of piperazine rings is 1. The van der Waals surface area contributed by atoms with Crippen LogP contribution in [0.15, 0.2) is 0 Å². The molecule has 5 nitrogen and oxygen atoms in total. The lowest BCUT2D eigenvalue weighted by atomic mass is 10.0. The molecule has 20 heavy (non-hydrogen) atoms. The first kappa shape index (κ1) is 17.3. The van der Waals surface area contributed by atoms with Gasteiger partial charge in [0, 0.05) is 31.7 Å². The summed E-state index contributed by atoms with van der Waals surface area (Å²) >= 11 is 5.13. The Balaban J connectivity index is 2.43. The molecule has 1 aliphatic heterocycles. The molecule has 1 aliphatic rings. The summed E-state index contributed by atoms with van der Waals surface area (Å²) in [5.41, 5.74) is 5.37.